The first kappa shape index (κ1) is 25.1. The molecular weight excluding hydrogens is 454 g/mol. The molecule has 188 valence electrons. The van der Waals surface area contributed by atoms with Crippen molar-refractivity contribution >= 4 is 22.6 Å². The number of hydrogen-bond acceptors (Lipinski definition) is 5. The van der Waals surface area contributed by atoms with E-state index in [1.165, 1.54) is 0 Å². The molecule has 3 N–H and O–H groups in total. The third-order valence-corrected chi connectivity index (χ3v) is 6.25. The summed E-state index contributed by atoms with van der Waals surface area (Å²) >= 11 is 0. The lowest BCUT2D eigenvalue weighted by molar-refractivity contribution is -0.120. The Labute approximate surface area is 210 Å². The number of H-pyrrole nitrogens is 1. The van der Waals surface area contributed by atoms with Crippen LogP contribution in [0, 0.1) is 0 Å². The minimum Gasteiger partial charge on any atom is -0.359 e. The smallest absolute Gasteiger partial charge is 0.255 e. The molecule has 0 aliphatic carbocycles. The van der Waals surface area contributed by atoms with Crippen LogP contribution >= 0.6 is 0 Å². The standard InChI is InChI=1S/C27H33N7O2/c1-18(2)34-17-22(15-31-34)27(36)33-23(7-5-4-6-8-25(35)28-3)26-30-16-24(32-26)20-10-9-19-11-12-29-14-21(19)13-20/h9-18,23H,4-8H2,1-3H3,(H,28,35)(H,30,32)(H,33,36)/t23-/m0/s1. The van der Waals surface area contributed by atoms with Gasteiger partial charge in [-0.2, -0.15) is 5.10 Å². The molecule has 0 aliphatic rings. The van der Waals surface area contributed by atoms with Crippen LogP contribution in [0.2, 0.25) is 0 Å². The van der Waals surface area contributed by atoms with Gasteiger partial charge in [0.1, 0.15) is 5.82 Å². The molecule has 0 saturated carbocycles. The highest BCUT2D eigenvalue weighted by Crippen LogP contribution is 2.26. The summed E-state index contributed by atoms with van der Waals surface area (Å²) in [6.07, 6.45) is 12.5. The van der Waals surface area contributed by atoms with E-state index in [9.17, 15) is 9.59 Å². The maximum atomic E-state index is 13.0. The summed E-state index contributed by atoms with van der Waals surface area (Å²) in [6, 6.07) is 8.04. The zero-order valence-electron chi connectivity index (χ0n) is 21.0. The molecule has 2 amide bonds. The van der Waals surface area contributed by atoms with E-state index in [2.05, 4.69) is 42.8 Å². The highest BCUT2D eigenvalue weighted by molar-refractivity contribution is 5.94. The number of imidazole rings is 1. The lowest BCUT2D eigenvalue weighted by Crippen LogP contribution is -2.29. The van der Waals surface area contributed by atoms with Crippen LogP contribution in [0.1, 0.15) is 74.2 Å². The first-order chi connectivity index (χ1) is 17.4. The molecular formula is C27H33N7O2. The van der Waals surface area contributed by atoms with E-state index in [1.807, 2.05) is 32.2 Å². The summed E-state index contributed by atoms with van der Waals surface area (Å²) in [6.45, 7) is 4.03. The van der Waals surface area contributed by atoms with E-state index in [-0.39, 0.29) is 23.9 Å². The number of aromatic nitrogens is 5. The molecule has 0 bridgehead atoms. The fourth-order valence-corrected chi connectivity index (χ4v) is 4.11. The summed E-state index contributed by atoms with van der Waals surface area (Å²) in [4.78, 5) is 36.8. The number of carbonyl (C=O) groups excluding carboxylic acids is 2. The minimum absolute atomic E-state index is 0.0447. The zero-order valence-corrected chi connectivity index (χ0v) is 21.0. The van der Waals surface area contributed by atoms with Crippen molar-refractivity contribution < 1.29 is 9.59 Å². The van der Waals surface area contributed by atoms with Gasteiger partial charge >= 0.3 is 0 Å². The Kier molecular flexibility index (Phi) is 8.10. The molecule has 0 spiro atoms. The highest BCUT2D eigenvalue weighted by Gasteiger charge is 2.20. The van der Waals surface area contributed by atoms with Crippen molar-refractivity contribution in [3.05, 3.63) is 66.6 Å². The van der Waals surface area contributed by atoms with Gasteiger partial charge < -0.3 is 15.6 Å². The fourth-order valence-electron chi connectivity index (χ4n) is 4.11. The van der Waals surface area contributed by atoms with Crippen LogP contribution in [0.3, 0.4) is 0 Å². The van der Waals surface area contributed by atoms with Crippen molar-refractivity contribution in [1.82, 2.24) is 35.4 Å². The molecule has 9 heteroatoms. The number of fused-ring (bicyclic) bond motifs is 1. The number of carbonyl (C=O) groups is 2. The molecule has 9 nitrogen and oxygen atoms in total. The largest absolute Gasteiger partial charge is 0.359 e. The molecule has 3 heterocycles. The van der Waals surface area contributed by atoms with Crippen molar-refractivity contribution in [2.75, 3.05) is 7.05 Å². The number of benzene rings is 1. The average Bonchev–Trinajstić information content (AvgIpc) is 3.58. The average molecular weight is 488 g/mol. The molecule has 0 saturated heterocycles. The second kappa shape index (κ2) is 11.6. The predicted molar refractivity (Wildman–Crippen MR) is 139 cm³/mol. The Morgan fingerprint density at radius 2 is 1.92 bits per heavy atom. The first-order valence-corrected chi connectivity index (χ1v) is 12.4. The highest BCUT2D eigenvalue weighted by atomic mass is 16.2. The lowest BCUT2D eigenvalue weighted by atomic mass is 10.1. The van der Waals surface area contributed by atoms with Crippen LogP contribution in [0.15, 0.2) is 55.2 Å². The Hall–Kier alpha value is -4.01. The quantitative estimate of drug-likeness (QED) is 0.268. The summed E-state index contributed by atoms with van der Waals surface area (Å²) in [5.41, 5.74) is 2.40. The maximum absolute atomic E-state index is 13.0. The molecule has 36 heavy (non-hydrogen) atoms. The lowest BCUT2D eigenvalue weighted by Gasteiger charge is -2.16. The summed E-state index contributed by atoms with van der Waals surface area (Å²) in [5, 5.41) is 12.2. The summed E-state index contributed by atoms with van der Waals surface area (Å²) < 4.78 is 1.77. The molecule has 4 rings (SSSR count). The van der Waals surface area contributed by atoms with E-state index in [0.717, 1.165) is 41.3 Å². The number of pyridine rings is 1. The Morgan fingerprint density at radius 1 is 1.06 bits per heavy atom. The molecule has 3 aromatic heterocycles. The second-order valence-electron chi connectivity index (χ2n) is 9.22. The zero-order chi connectivity index (χ0) is 25.5. The van der Waals surface area contributed by atoms with E-state index in [1.54, 1.807) is 36.5 Å². The molecule has 0 unspecified atom stereocenters. The Balaban J connectivity index is 1.50. The number of unbranched alkanes of at least 4 members (excludes halogenated alkanes) is 2. The van der Waals surface area contributed by atoms with Gasteiger partial charge in [0.05, 0.1) is 29.7 Å². The molecule has 1 atom stereocenters. The number of rotatable bonds is 11. The third kappa shape index (κ3) is 6.16. The topological polar surface area (TPSA) is 118 Å². The number of amides is 2. The van der Waals surface area contributed by atoms with Crippen LogP contribution in [0.4, 0.5) is 0 Å². The Morgan fingerprint density at radius 3 is 2.69 bits per heavy atom. The predicted octanol–water partition coefficient (Wildman–Crippen LogP) is 4.57. The molecule has 0 radical (unpaired) electrons. The van der Waals surface area contributed by atoms with Gasteiger partial charge in [-0.25, -0.2) is 4.98 Å². The third-order valence-electron chi connectivity index (χ3n) is 6.25. The van der Waals surface area contributed by atoms with E-state index < -0.39 is 0 Å². The second-order valence-corrected chi connectivity index (χ2v) is 9.22. The van der Waals surface area contributed by atoms with Gasteiger partial charge in [0.15, 0.2) is 0 Å². The van der Waals surface area contributed by atoms with Gasteiger partial charge in [0, 0.05) is 49.1 Å². The van der Waals surface area contributed by atoms with Gasteiger partial charge in [-0.05, 0) is 44.2 Å². The fraction of sp³-hybridized carbons (Fsp3) is 0.370. The van der Waals surface area contributed by atoms with Crippen LogP contribution in [-0.4, -0.2) is 43.6 Å². The van der Waals surface area contributed by atoms with Gasteiger partial charge in [-0.15, -0.1) is 0 Å². The van der Waals surface area contributed by atoms with Gasteiger partial charge in [-0.1, -0.05) is 25.0 Å². The van der Waals surface area contributed by atoms with Gasteiger partial charge in [-0.3, -0.25) is 19.3 Å². The maximum Gasteiger partial charge on any atom is 0.255 e. The summed E-state index contributed by atoms with van der Waals surface area (Å²) in [5.74, 6) is 0.558. The van der Waals surface area contributed by atoms with Crippen LogP contribution in [0.25, 0.3) is 22.0 Å². The van der Waals surface area contributed by atoms with E-state index in [0.29, 0.717) is 24.2 Å². The first-order valence-electron chi connectivity index (χ1n) is 12.4. The monoisotopic (exact) mass is 487 g/mol. The molecule has 1 aromatic carbocycles. The normalized spacial score (nSPS) is 12.1. The molecule has 4 aromatic rings. The number of nitrogens with zero attached hydrogens (tertiary/aromatic N) is 4. The van der Waals surface area contributed by atoms with Crippen molar-refractivity contribution in [3.8, 4) is 11.3 Å². The molecule has 0 fully saturated rings. The van der Waals surface area contributed by atoms with Crippen molar-refractivity contribution in [2.24, 2.45) is 0 Å². The van der Waals surface area contributed by atoms with Crippen molar-refractivity contribution in [1.29, 1.82) is 0 Å². The number of aromatic amines is 1. The number of nitrogens with one attached hydrogen (secondary N) is 3. The van der Waals surface area contributed by atoms with E-state index >= 15 is 0 Å². The van der Waals surface area contributed by atoms with Gasteiger partial charge in [0.2, 0.25) is 5.91 Å². The van der Waals surface area contributed by atoms with E-state index in [4.69, 9.17) is 0 Å². The molecule has 0 aliphatic heterocycles. The SMILES string of the molecule is CNC(=O)CCCCC[C@H](NC(=O)c1cnn(C(C)C)c1)c1ncc(-c2ccc3ccncc3c2)[nH]1. The number of hydrogen-bond donors (Lipinski definition) is 3. The van der Waals surface area contributed by atoms with Crippen molar-refractivity contribution in [3.63, 3.8) is 0 Å². The Bertz CT molecular complexity index is 1320. The van der Waals surface area contributed by atoms with Gasteiger partial charge in [0.25, 0.3) is 5.91 Å². The van der Waals surface area contributed by atoms with Crippen LogP contribution < -0.4 is 10.6 Å². The summed E-state index contributed by atoms with van der Waals surface area (Å²) in [7, 11) is 1.65. The minimum atomic E-state index is -0.296. The van der Waals surface area contributed by atoms with Crippen LogP contribution in [0.5, 0.6) is 0 Å². The van der Waals surface area contributed by atoms with Crippen molar-refractivity contribution in [2.45, 2.75) is 58.0 Å². The van der Waals surface area contributed by atoms with Crippen LogP contribution in [-0.2, 0) is 4.79 Å².